The number of carbonyl (C=O) groups is 3. The number of carboxylic acids is 1. The number of hydrogen-bond donors (Lipinski definition) is 4. The van der Waals surface area contributed by atoms with Gasteiger partial charge in [-0.05, 0) is 18.2 Å². The van der Waals surface area contributed by atoms with Gasteiger partial charge in [0.2, 0.25) is 5.91 Å². The van der Waals surface area contributed by atoms with Crippen molar-refractivity contribution in [1.82, 2.24) is 10.6 Å². The van der Waals surface area contributed by atoms with E-state index >= 15 is 0 Å². The number of carboxylic acid groups (broad SMARTS) is 1. The van der Waals surface area contributed by atoms with Crippen LogP contribution in [0.3, 0.4) is 0 Å². The molecule has 22 heavy (non-hydrogen) atoms. The van der Waals surface area contributed by atoms with Crippen LogP contribution in [0.15, 0.2) is 18.2 Å². The van der Waals surface area contributed by atoms with E-state index in [2.05, 4.69) is 16.0 Å². The summed E-state index contributed by atoms with van der Waals surface area (Å²) in [7, 11) is 0. The Morgan fingerprint density at radius 1 is 0.955 bits per heavy atom. The third-order valence-electron chi connectivity index (χ3n) is 2.41. The average Bonchev–Trinajstić information content (AvgIpc) is 2.36. The molecule has 0 radical (unpaired) electrons. The topological polar surface area (TPSA) is 108 Å². The van der Waals surface area contributed by atoms with Gasteiger partial charge in [0.1, 0.15) is 0 Å². The van der Waals surface area contributed by atoms with Gasteiger partial charge in [-0.15, -0.1) is 0 Å². The maximum atomic E-state index is 11.7. The van der Waals surface area contributed by atoms with Crippen molar-refractivity contribution in [3.8, 4) is 0 Å². The smallest absolute Gasteiger partial charge is 0.314 e. The second-order valence-electron chi connectivity index (χ2n) is 4.28. The molecule has 3 amide bonds. The maximum absolute atomic E-state index is 11.7. The van der Waals surface area contributed by atoms with Crippen LogP contribution in [0.2, 0.25) is 10.0 Å². The summed E-state index contributed by atoms with van der Waals surface area (Å²) in [5.74, 6) is -1.32. The molecule has 0 aromatic heterocycles. The molecule has 1 aromatic carbocycles. The van der Waals surface area contributed by atoms with Crippen LogP contribution in [0.1, 0.15) is 12.8 Å². The van der Waals surface area contributed by atoms with Crippen LogP contribution < -0.4 is 16.0 Å². The lowest BCUT2D eigenvalue weighted by atomic mass is 10.3. The lowest BCUT2D eigenvalue weighted by molar-refractivity contribution is -0.136. The molecule has 7 nitrogen and oxygen atoms in total. The van der Waals surface area contributed by atoms with Crippen molar-refractivity contribution >= 4 is 46.8 Å². The molecule has 0 aliphatic heterocycles. The highest BCUT2D eigenvalue weighted by Crippen LogP contribution is 2.22. The van der Waals surface area contributed by atoms with Gasteiger partial charge in [-0.1, -0.05) is 23.2 Å². The molecule has 0 aliphatic rings. The Hall–Kier alpha value is -1.99. The molecule has 0 spiro atoms. The lowest BCUT2D eigenvalue weighted by Crippen LogP contribution is -2.38. The molecule has 9 heteroatoms. The Labute approximate surface area is 137 Å². The Balaban J connectivity index is 2.25. The van der Waals surface area contributed by atoms with E-state index in [1.54, 1.807) is 18.2 Å². The molecular weight excluding hydrogens is 333 g/mol. The Morgan fingerprint density at radius 2 is 1.50 bits per heavy atom. The molecule has 4 N–H and O–H groups in total. The third kappa shape index (κ3) is 7.70. The normalized spacial score (nSPS) is 9.91. The van der Waals surface area contributed by atoms with Gasteiger partial charge >= 0.3 is 12.0 Å². The van der Waals surface area contributed by atoms with Crippen molar-refractivity contribution in [2.75, 3.05) is 18.4 Å². The second-order valence-corrected chi connectivity index (χ2v) is 5.16. The summed E-state index contributed by atoms with van der Waals surface area (Å²) in [4.78, 5) is 33.2. The molecule has 120 valence electrons. The maximum Gasteiger partial charge on any atom is 0.314 e. The van der Waals surface area contributed by atoms with E-state index in [-0.39, 0.29) is 31.8 Å². The minimum atomic E-state index is -1.00. The van der Waals surface area contributed by atoms with Gasteiger partial charge in [0.15, 0.2) is 0 Å². The van der Waals surface area contributed by atoms with Crippen LogP contribution in [0.5, 0.6) is 0 Å². The molecule has 0 saturated carbocycles. The van der Waals surface area contributed by atoms with Crippen LogP contribution in [-0.2, 0) is 9.59 Å². The zero-order chi connectivity index (χ0) is 16.5. The van der Waals surface area contributed by atoms with E-state index in [0.717, 1.165) is 0 Å². The number of benzene rings is 1. The summed E-state index contributed by atoms with van der Waals surface area (Å²) < 4.78 is 0. The molecule has 0 fully saturated rings. The minimum Gasteiger partial charge on any atom is -0.481 e. The van der Waals surface area contributed by atoms with Gasteiger partial charge in [0.05, 0.1) is 6.42 Å². The summed E-state index contributed by atoms with van der Waals surface area (Å²) in [5, 5.41) is 16.6. The van der Waals surface area contributed by atoms with Gasteiger partial charge in [0.25, 0.3) is 0 Å². The number of hydrogen-bond acceptors (Lipinski definition) is 3. The van der Waals surface area contributed by atoms with Crippen molar-refractivity contribution in [2.45, 2.75) is 12.8 Å². The largest absolute Gasteiger partial charge is 0.481 e. The predicted molar refractivity (Wildman–Crippen MR) is 83.4 cm³/mol. The molecule has 1 rings (SSSR count). The number of aliphatic carboxylic acids is 1. The monoisotopic (exact) mass is 347 g/mol. The molecule has 0 atom stereocenters. The zero-order valence-corrected chi connectivity index (χ0v) is 13.0. The Kier molecular flexibility index (Phi) is 7.48. The summed E-state index contributed by atoms with van der Waals surface area (Å²) in [5.41, 5.74) is 0.466. The summed E-state index contributed by atoms with van der Waals surface area (Å²) in [6, 6.07) is 4.12. The number of nitrogens with one attached hydrogen (secondary N) is 3. The quantitative estimate of drug-likeness (QED) is 0.605. The molecule has 1 aromatic rings. The minimum absolute atomic E-state index is 0.0222. The van der Waals surface area contributed by atoms with Gasteiger partial charge in [-0.3, -0.25) is 9.59 Å². The average molecular weight is 348 g/mol. The second kappa shape index (κ2) is 9.11. The van der Waals surface area contributed by atoms with Crippen molar-refractivity contribution in [3.63, 3.8) is 0 Å². The zero-order valence-electron chi connectivity index (χ0n) is 11.5. The van der Waals surface area contributed by atoms with E-state index in [0.29, 0.717) is 15.7 Å². The van der Waals surface area contributed by atoms with Gasteiger partial charge in [-0.2, -0.15) is 0 Å². The molecule has 0 saturated heterocycles. The number of urea groups is 1. The number of amides is 3. The highest BCUT2D eigenvalue weighted by atomic mass is 35.5. The van der Waals surface area contributed by atoms with Crippen molar-refractivity contribution in [3.05, 3.63) is 28.2 Å². The van der Waals surface area contributed by atoms with E-state index in [1.165, 1.54) is 0 Å². The first kappa shape index (κ1) is 18.1. The lowest BCUT2D eigenvalue weighted by Gasteiger charge is -2.08. The van der Waals surface area contributed by atoms with Crippen molar-refractivity contribution in [1.29, 1.82) is 0 Å². The molecule has 0 bridgehead atoms. The number of anilines is 1. The van der Waals surface area contributed by atoms with E-state index in [1.807, 2.05) is 0 Å². The molecular formula is C13H15Cl2N3O4. The van der Waals surface area contributed by atoms with Crippen LogP contribution in [0.25, 0.3) is 0 Å². The first-order valence-electron chi connectivity index (χ1n) is 6.36. The molecule has 0 heterocycles. The van der Waals surface area contributed by atoms with Crippen molar-refractivity contribution in [2.24, 2.45) is 0 Å². The standard InChI is InChI=1S/C13H15Cl2N3O4/c14-8-5-9(15)7-10(6-8)18-11(19)1-3-16-13(22)17-4-2-12(20)21/h5-7H,1-4H2,(H,18,19)(H,20,21)(H2,16,17,22). The van der Waals surface area contributed by atoms with E-state index in [9.17, 15) is 14.4 Å². The fourth-order valence-electron chi connectivity index (χ4n) is 1.48. The van der Waals surface area contributed by atoms with Gasteiger partial charge in [0, 0.05) is 35.2 Å². The third-order valence-corrected chi connectivity index (χ3v) is 2.84. The number of halogens is 2. The van der Waals surface area contributed by atoms with Crippen molar-refractivity contribution < 1.29 is 19.5 Å². The summed E-state index contributed by atoms with van der Waals surface area (Å²) in [6.07, 6.45) is -0.111. The van der Waals surface area contributed by atoms with E-state index < -0.39 is 12.0 Å². The Morgan fingerprint density at radius 3 is 2.05 bits per heavy atom. The Bertz CT molecular complexity index is 546. The van der Waals surface area contributed by atoms with E-state index in [4.69, 9.17) is 28.3 Å². The van der Waals surface area contributed by atoms with Gasteiger partial charge < -0.3 is 21.1 Å². The fourth-order valence-corrected chi connectivity index (χ4v) is 2.01. The van der Waals surface area contributed by atoms with Crippen LogP contribution >= 0.6 is 23.2 Å². The predicted octanol–water partition coefficient (Wildman–Crippen LogP) is 2.10. The summed E-state index contributed by atoms with van der Waals surface area (Å²) in [6.45, 7) is 0.132. The number of rotatable bonds is 7. The van der Waals surface area contributed by atoms with Crippen LogP contribution in [0.4, 0.5) is 10.5 Å². The fraction of sp³-hybridized carbons (Fsp3) is 0.308. The van der Waals surface area contributed by atoms with Crippen LogP contribution in [0, 0.1) is 0 Å². The SMILES string of the molecule is O=C(O)CCNC(=O)NCCC(=O)Nc1cc(Cl)cc(Cl)c1. The van der Waals surface area contributed by atoms with Gasteiger partial charge in [-0.25, -0.2) is 4.79 Å². The summed E-state index contributed by atoms with van der Waals surface area (Å²) >= 11 is 11.6. The number of carbonyl (C=O) groups excluding carboxylic acids is 2. The highest BCUT2D eigenvalue weighted by Gasteiger charge is 2.06. The first-order valence-corrected chi connectivity index (χ1v) is 7.12. The highest BCUT2D eigenvalue weighted by molar-refractivity contribution is 6.35. The molecule has 0 unspecified atom stereocenters. The molecule has 0 aliphatic carbocycles. The first-order chi connectivity index (χ1) is 10.4. The van der Waals surface area contributed by atoms with Crippen LogP contribution in [-0.4, -0.2) is 36.1 Å².